The summed E-state index contributed by atoms with van der Waals surface area (Å²) in [4.78, 5) is 0. The normalized spacial score (nSPS) is 24.5. The molecule has 0 unspecified atom stereocenters. The molecular weight excluding hydrogens is 529 g/mol. The molecule has 1 aromatic carbocycles. The van der Waals surface area contributed by atoms with Crippen LogP contribution in [0.5, 0.6) is 0 Å². The van der Waals surface area contributed by atoms with E-state index in [1.54, 1.807) is 30.4 Å². The summed E-state index contributed by atoms with van der Waals surface area (Å²) in [7, 11) is 0. The van der Waals surface area contributed by atoms with Crippen molar-refractivity contribution in [3.05, 3.63) is 127 Å². The fourth-order valence-corrected chi connectivity index (χ4v) is 6.30. The summed E-state index contributed by atoms with van der Waals surface area (Å²) in [6, 6.07) is 5.56. The number of ether oxygens (including phenoxy) is 1. The van der Waals surface area contributed by atoms with E-state index in [1.165, 1.54) is 56.9 Å². The van der Waals surface area contributed by atoms with Gasteiger partial charge in [0.15, 0.2) is 11.6 Å². The highest BCUT2D eigenvalue weighted by Crippen LogP contribution is 2.44. The van der Waals surface area contributed by atoms with E-state index in [0.717, 1.165) is 30.2 Å². The second kappa shape index (κ2) is 17.0. The van der Waals surface area contributed by atoms with Gasteiger partial charge >= 0.3 is 0 Å². The summed E-state index contributed by atoms with van der Waals surface area (Å²) < 4.78 is 49.9. The first-order valence-electron chi connectivity index (χ1n) is 15.4. The van der Waals surface area contributed by atoms with Gasteiger partial charge in [-0.05, 0) is 123 Å². The van der Waals surface area contributed by atoms with Crippen molar-refractivity contribution < 1.29 is 17.9 Å². The van der Waals surface area contributed by atoms with E-state index in [2.05, 4.69) is 25.8 Å². The highest BCUT2D eigenvalue weighted by atomic mass is 19.2. The van der Waals surface area contributed by atoms with E-state index in [-0.39, 0.29) is 18.0 Å². The van der Waals surface area contributed by atoms with E-state index in [0.29, 0.717) is 35.0 Å². The van der Waals surface area contributed by atoms with Crippen molar-refractivity contribution in [1.82, 2.24) is 0 Å². The van der Waals surface area contributed by atoms with Crippen LogP contribution in [0, 0.1) is 23.6 Å². The lowest BCUT2D eigenvalue weighted by atomic mass is 9.68. The maximum Gasteiger partial charge on any atom is 0.197 e. The molecule has 42 heavy (non-hydrogen) atoms. The van der Waals surface area contributed by atoms with Crippen LogP contribution in [0.2, 0.25) is 0 Å². The van der Waals surface area contributed by atoms with Gasteiger partial charge in [0, 0.05) is 12.0 Å². The lowest BCUT2D eigenvalue weighted by Gasteiger charge is -2.37. The molecule has 0 saturated heterocycles. The largest absolute Gasteiger partial charge is 0.462 e. The number of benzene rings is 1. The Kier molecular flexibility index (Phi) is 13.4. The van der Waals surface area contributed by atoms with E-state index >= 15 is 4.39 Å². The molecule has 0 aliphatic heterocycles. The molecule has 2 fully saturated rings. The number of halogens is 3. The molecule has 2 saturated carbocycles. The van der Waals surface area contributed by atoms with Gasteiger partial charge in [0.1, 0.15) is 11.6 Å². The molecule has 0 radical (unpaired) electrons. The summed E-state index contributed by atoms with van der Waals surface area (Å²) in [6.45, 7) is 15.1. The molecule has 0 bridgehead atoms. The third-order valence-corrected chi connectivity index (χ3v) is 8.81. The Labute approximate surface area is 251 Å². The predicted octanol–water partition coefficient (Wildman–Crippen LogP) is 12.2. The maximum absolute atomic E-state index is 15.4. The Morgan fingerprint density at radius 3 is 2.21 bits per heavy atom. The number of hydrogen-bond donors (Lipinski definition) is 0. The number of allylic oxidation sites excluding steroid dienone is 11. The van der Waals surface area contributed by atoms with Gasteiger partial charge in [-0.2, -0.15) is 4.39 Å². The predicted molar refractivity (Wildman–Crippen MR) is 171 cm³/mol. The molecule has 0 N–H and O–H groups in total. The fourth-order valence-electron chi connectivity index (χ4n) is 6.30. The van der Waals surface area contributed by atoms with Crippen LogP contribution in [-0.4, -0.2) is 0 Å². The van der Waals surface area contributed by atoms with Crippen LogP contribution in [-0.2, 0) is 4.74 Å². The highest BCUT2D eigenvalue weighted by molar-refractivity contribution is 5.74. The first-order chi connectivity index (χ1) is 20.3. The summed E-state index contributed by atoms with van der Waals surface area (Å²) >= 11 is 0. The van der Waals surface area contributed by atoms with Gasteiger partial charge in [0.25, 0.3) is 0 Å². The van der Waals surface area contributed by atoms with Crippen molar-refractivity contribution >= 4 is 5.57 Å². The van der Waals surface area contributed by atoms with E-state index < -0.39 is 11.7 Å². The molecule has 0 atom stereocenters. The van der Waals surface area contributed by atoms with Crippen molar-refractivity contribution in [3.8, 4) is 0 Å². The summed E-state index contributed by atoms with van der Waals surface area (Å²) in [6.07, 6.45) is 23.0. The number of rotatable bonds is 13. The van der Waals surface area contributed by atoms with Gasteiger partial charge in [-0.1, -0.05) is 62.6 Å². The van der Waals surface area contributed by atoms with Crippen molar-refractivity contribution in [2.45, 2.75) is 84.0 Å². The molecular formula is C38H47F3O. The lowest BCUT2D eigenvalue weighted by Crippen LogP contribution is -2.25. The highest BCUT2D eigenvalue weighted by Gasteiger charge is 2.31. The molecule has 2 aliphatic rings. The molecule has 0 aromatic heterocycles. The third-order valence-electron chi connectivity index (χ3n) is 8.81. The first kappa shape index (κ1) is 33.2. The van der Waals surface area contributed by atoms with Crippen LogP contribution in [0.15, 0.2) is 110 Å². The zero-order valence-corrected chi connectivity index (χ0v) is 25.4. The molecule has 2 aliphatic carbocycles. The molecule has 226 valence electrons. The summed E-state index contributed by atoms with van der Waals surface area (Å²) in [5.74, 6) is 0.0888. The van der Waals surface area contributed by atoms with E-state index in [1.807, 2.05) is 26.0 Å². The molecule has 4 heteroatoms. The van der Waals surface area contributed by atoms with E-state index in [9.17, 15) is 8.78 Å². The zero-order chi connectivity index (χ0) is 30.5. The summed E-state index contributed by atoms with van der Waals surface area (Å²) in [5.41, 5.74) is 2.54. The Morgan fingerprint density at radius 1 is 0.976 bits per heavy atom. The molecule has 1 nitrogen and oxygen atoms in total. The average Bonchev–Trinajstić information content (AvgIpc) is 3.01. The Bertz CT molecular complexity index is 1230. The molecule has 0 spiro atoms. The standard InChI is InChI=1S/C38H47F3O/c1-6-10-24-42-37(11-7-2)38(41)36(40)25-27(5)12-15-29(9-4)34-23-22-33(26-35(34)39)32-20-18-31(19-21-32)30-16-13-28(8-3)14-17-30/h7-12,15,22-24,26,28,30-32H,2-3,5-6,13-14,16-21,25H2,1,4H3/b15-12-,24-10-,29-9+,37-11+,38-36-. The van der Waals surface area contributed by atoms with Gasteiger partial charge < -0.3 is 4.74 Å². The van der Waals surface area contributed by atoms with Gasteiger partial charge in [-0.3, -0.25) is 0 Å². The molecule has 1 aromatic rings. The zero-order valence-electron chi connectivity index (χ0n) is 25.4. The van der Waals surface area contributed by atoms with Gasteiger partial charge in [-0.15, -0.1) is 6.58 Å². The third kappa shape index (κ3) is 9.37. The second-order valence-corrected chi connectivity index (χ2v) is 11.6. The number of hydrogen-bond acceptors (Lipinski definition) is 1. The van der Waals surface area contributed by atoms with Crippen molar-refractivity contribution in [3.63, 3.8) is 0 Å². The van der Waals surface area contributed by atoms with Crippen LogP contribution in [0.3, 0.4) is 0 Å². The average molecular weight is 577 g/mol. The van der Waals surface area contributed by atoms with Gasteiger partial charge in [0.2, 0.25) is 0 Å². The lowest BCUT2D eigenvalue weighted by molar-refractivity contribution is 0.171. The molecule has 0 heterocycles. The smallest absolute Gasteiger partial charge is 0.197 e. The van der Waals surface area contributed by atoms with Gasteiger partial charge in [0.05, 0.1) is 6.26 Å². The van der Waals surface area contributed by atoms with Crippen LogP contribution in [0.25, 0.3) is 5.57 Å². The molecule has 3 rings (SSSR count). The van der Waals surface area contributed by atoms with Crippen molar-refractivity contribution in [2.75, 3.05) is 0 Å². The van der Waals surface area contributed by atoms with Crippen LogP contribution < -0.4 is 0 Å². The monoisotopic (exact) mass is 576 g/mol. The molecule has 0 amide bonds. The van der Waals surface area contributed by atoms with Crippen molar-refractivity contribution in [2.24, 2.45) is 17.8 Å². The quantitative estimate of drug-likeness (QED) is 0.129. The minimum atomic E-state index is -1.10. The summed E-state index contributed by atoms with van der Waals surface area (Å²) in [5, 5.41) is 0. The Balaban J connectivity index is 1.60. The second-order valence-electron chi connectivity index (χ2n) is 11.6. The minimum Gasteiger partial charge on any atom is -0.462 e. The topological polar surface area (TPSA) is 9.23 Å². The van der Waals surface area contributed by atoms with Crippen LogP contribution in [0.4, 0.5) is 13.2 Å². The van der Waals surface area contributed by atoms with Crippen LogP contribution in [0.1, 0.15) is 95.1 Å². The van der Waals surface area contributed by atoms with E-state index in [4.69, 9.17) is 4.74 Å². The Hall–Kier alpha value is -3.27. The van der Waals surface area contributed by atoms with Crippen LogP contribution >= 0.6 is 0 Å². The first-order valence-corrected chi connectivity index (χ1v) is 15.4. The fraction of sp³-hybridized carbons (Fsp3) is 0.421. The maximum atomic E-state index is 15.4. The minimum absolute atomic E-state index is 0.260. The van der Waals surface area contributed by atoms with Gasteiger partial charge in [-0.25, -0.2) is 8.78 Å². The Morgan fingerprint density at radius 2 is 1.64 bits per heavy atom. The SMILES string of the molecule is C=C/C=C(O/C=C\CC)\C(F)=C(\F)CC(=C)/C=C\C(=C/C)c1ccc(C2CCC(C3CCC(C=C)CC3)CC2)cc1F. The van der Waals surface area contributed by atoms with Crippen molar-refractivity contribution in [1.29, 1.82) is 0 Å².